The van der Waals surface area contributed by atoms with Gasteiger partial charge in [0.25, 0.3) is 0 Å². The zero-order valence-corrected chi connectivity index (χ0v) is 10.9. The molecule has 1 amide bonds. The summed E-state index contributed by atoms with van der Waals surface area (Å²) in [6.45, 7) is 1.18. The molecule has 1 aliphatic heterocycles. The fourth-order valence-electron chi connectivity index (χ4n) is 2.23. The number of anilines is 2. The molecule has 1 aromatic carbocycles. The number of carbonyl (C=O) groups excluding carboxylic acids is 1. The first-order chi connectivity index (χ1) is 8.52. The molecule has 1 unspecified atom stereocenters. The van der Waals surface area contributed by atoms with Crippen molar-refractivity contribution in [1.29, 1.82) is 0 Å². The highest BCUT2D eigenvalue weighted by Gasteiger charge is 2.24. The van der Waals surface area contributed by atoms with E-state index in [1.165, 1.54) is 0 Å². The normalized spacial score (nSPS) is 15.8. The molecule has 5 nitrogen and oxygen atoms in total. The Hall–Kier alpha value is -1.59. The first-order valence-electron chi connectivity index (χ1n) is 6.09. The van der Waals surface area contributed by atoms with Crippen molar-refractivity contribution < 1.29 is 4.79 Å². The van der Waals surface area contributed by atoms with Crippen molar-refractivity contribution in [3.05, 3.63) is 23.8 Å². The van der Waals surface area contributed by atoms with E-state index in [-0.39, 0.29) is 11.9 Å². The number of fused-ring (bicyclic) bond motifs is 1. The number of likely N-dealkylation sites (N-methyl/N-ethyl adjacent to an activating group) is 2. The molecule has 0 aromatic heterocycles. The maximum atomic E-state index is 11.6. The predicted molar refractivity (Wildman–Crippen MR) is 73.9 cm³/mol. The smallest absolute Gasteiger partial charge is 0.231 e. The molecule has 4 N–H and O–H groups in total. The van der Waals surface area contributed by atoms with E-state index >= 15 is 0 Å². The number of hydrogen-bond acceptors (Lipinski definition) is 4. The molecule has 0 fully saturated rings. The molecule has 2 rings (SSSR count). The van der Waals surface area contributed by atoms with Gasteiger partial charge in [0.05, 0.1) is 6.42 Å². The van der Waals surface area contributed by atoms with Crippen LogP contribution in [-0.4, -0.2) is 39.1 Å². The van der Waals surface area contributed by atoms with Gasteiger partial charge in [-0.15, -0.1) is 0 Å². The second kappa shape index (κ2) is 4.96. The van der Waals surface area contributed by atoms with Crippen molar-refractivity contribution in [3.8, 4) is 0 Å². The Kier molecular flexibility index (Phi) is 3.54. The number of carbonyl (C=O) groups is 1. The molecule has 18 heavy (non-hydrogen) atoms. The summed E-state index contributed by atoms with van der Waals surface area (Å²) in [4.78, 5) is 15.4. The Morgan fingerprint density at radius 2 is 2.22 bits per heavy atom. The number of benzene rings is 1. The molecule has 98 valence electrons. The predicted octanol–water partition coefficient (Wildman–Crippen LogP) is -0.0723. The molecule has 0 saturated carbocycles. The van der Waals surface area contributed by atoms with Crippen LogP contribution < -0.4 is 21.3 Å². The van der Waals surface area contributed by atoms with E-state index in [9.17, 15) is 4.79 Å². The van der Waals surface area contributed by atoms with Crippen LogP contribution in [0.25, 0.3) is 0 Å². The van der Waals surface area contributed by atoms with Crippen LogP contribution in [0.4, 0.5) is 11.4 Å². The lowest BCUT2D eigenvalue weighted by molar-refractivity contribution is -0.117. The molecule has 1 atom stereocenters. The summed E-state index contributed by atoms with van der Waals surface area (Å²) in [5, 5.41) is 0. The largest absolute Gasteiger partial charge is 0.373 e. The highest BCUT2D eigenvalue weighted by molar-refractivity contribution is 6.01. The van der Waals surface area contributed by atoms with Crippen LogP contribution in [0.2, 0.25) is 0 Å². The average molecular weight is 248 g/mol. The second-order valence-corrected chi connectivity index (χ2v) is 4.82. The standard InChI is InChI=1S/C13H20N4O/c1-16(8-10(15)7-14)11-3-4-12-9(5-11)6-13(18)17(12)2/h3-5,10H,6-8,14-15H2,1-2H3. The molecular formula is C13H20N4O. The minimum absolute atomic E-state index is 0.0347. The van der Waals surface area contributed by atoms with E-state index in [0.29, 0.717) is 19.5 Å². The van der Waals surface area contributed by atoms with Crippen LogP contribution >= 0.6 is 0 Å². The van der Waals surface area contributed by atoms with Crippen molar-refractivity contribution in [2.24, 2.45) is 11.5 Å². The van der Waals surface area contributed by atoms with Gasteiger partial charge in [-0.05, 0) is 23.8 Å². The lowest BCUT2D eigenvalue weighted by Crippen LogP contribution is -2.40. The van der Waals surface area contributed by atoms with Crippen LogP contribution in [0.1, 0.15) is 5.56 Å². The van der Waals surface area contributed by atoms with E-state index < -0.39 is 0 Å². The van der Waals surface area contributed by atoms with Gasteiger partial charge in [0.1, 0.15) is 0 Å². The number of nitrogens with zero attached hydrogens (tertiary/aromatic N) is 2. The molecule has 0 radical (unpaired) electrons. The van der Waals surface area contributed by atoms with E-state index in [1.54, 1.807) is 4.90 Å². The zero-order chi connectivity index (χ0) is 13.3. The molecule has 0 saturated heterocycles. The fourth-order valence-corrected chi connectivity index (χ4v) is 2.23. The average Bonchev–Trinajstić information content (AvgIpc) is 2.64. The van der Waals surface area contributed by atoms with Crippen molar-refractivity contribution >= 4 is 17.3 Å². The minimum atomic E-state index is -0.0347. The van der Waals surface area contributed by atoms with Crippen LogP contribution in [0, 0.1) is 0 Å². The van der Waals surface area contributed by atoms with Gasteiger partial charge in [-0.3, -0.25) is 4.79 Å². The summed E-state index contributed by atoms with van der Waals surface area (Å²) in [6.07, 6.45) is 0.483. The third-order valence-electron chi connectivity index (χ3n) is 3.39. The van der Waals surface area contributed by atoms with Crippen molar-refractivity contribution in [2.75, 3.05) is 37.0 Å². The van der Waals surface area contributed by atoms with Gasteiger partial charge in [0.15, 0.2) is 0 Å². The number of hydrogen-bond donors (Lipinski definition) is 2. The molecule has 5 heteroatoms. The van der Waals surface area contributed by atoms with Gasteiger partial charge in [0.2, 0.25) is 5.91 Å². The Morgan fingerprint density at radius 3 is 2.89 bits per heavy atom. The topological polar surface area (TPSA) is 75.6 Å². The van der Waals surface area contributed by atoms with Gasteiger partial charge in [-0.1, -0.05) is 0 Å². The first kappa shape index (κ1) is 12.9. The Morgan fingerprint density at radius 1 is 1.50 bits per heavy atom. The third-order valence-corrected chi connectivity index (χ3v) is 3.39. The van der Waals surface area contributed by atoms with Crippen LogP contribution in [0.5, 0.6) is 0 Å². The number of rotatable bonds is 4. The van der Waals surface area contributed by atoms with Crippen LogP contribution in [0.15, 0.2) is 18.2 Å². The van der Waals surface area contributed by atoms with Crippen molar-refractivity contribution in [3.63, 3.8) is 0 Å². The van der Waals surface area contributed by atoms with Gasteiger partial charge >= 0.3 is 0 Å². The fraction of sp³-hybridized carbons (Fsp3) is 0.462. The Bertz CT molecular complexity index is 460. The molecule has 0 aliphatic carbocycles. The molecular weight excluding hydrogens is 228 g/mol. The van der Waals surface area contributed by atoms with E-state index in [2.05, 4.69) is 11.0 Å². The SMILES string of the molecule is CN(CC(N)CN)c1ccc2c(c1)CC(=O)N2C. The second-order valence-electron chi connectivity index (χ2n) is 4.82. The highest BCUT2D eigenvalue weighted by Crippen LogP contribution is 2.30. The summed E-state index contributed by atoms with van der Waals surface area (Å²) >= 11 is 0. The molecule has 0 bridgehead atoms. The van der Waals surface area contributed by atoms with E-state index in [4.69, 9.17) is 11.5 Å². The lowest BCUT2D eigenvalue weighted by atomic mass is 10.1. The number of nitrogens with two attached hydrogens (primary N) is 2. The molecule has 1 heterocycles. The highest BCUT2D eigenvalue weighted by atomic mass is 16.2. The van der Waals surface area contributed by atoms with Crippen LogP contribution in [0.3, 0.4) is 0 Å². The van der Waals surface area contributed by atoms with Gasteiger partial charge in [-0.25, -0.2) is 0 Å². The summed E-state index contributed by atoms with van der Waals surface area (Å²) in [5.74, 6) is 0.142. The summed E-state index contributed by atoms with van der Waals surface area (Å²) in [7, 11) is 3.79. The molecule has 0 spiro atoms. The Labute approximate surface area is 107 Å². The van der Waals surface area contributed by atoms with Crippen molar-refractivity contribution in [2.45, 2.75) is 12.5 Å². The third kappa shape index (κ3) is 2.32. The van der Waals surface area contributed by atoms with E-state index in [1.807, 2.05) is 26.2 Å². The maximum Gasteiger partial charge on any atom is 0.231 e. The quantitative estimate of drug-likeness (QED) is 0.782. The van der Waals surface area contributed by atoms with Crippen molar-refractivity contribution in [1.82, 2.24) is 0 Å². The molecule has 1 aliphatic rings. The Balaban J connectivity index is 2.18. The summed E-state index contributed by atoms with van der Waals surface area (Å²) < 4.78 is 0. The van der Waals surface area contributed by atoms with Gasteiger partial charge < -0.3 is 21.3 Å². The first-order valence-corrected chi connectivity index (χ1v) is 6.09. The monoisotopic (exact) mass is 248 g/mol. The minimum Gasteiger partial charge on any atom is -0.373 e. The van der Waals surface area contributed by atoms with Gasteiger partial charge in [-0.2, -0.15) is 0 Å². The number of amides is 1. The van der Waals surface area contributed by atoms with E-state index in [0.717, 1.165) is 16.9 Å². The van der Waals surface area contributed by atoms with Gasteiger partial charge in [0, 0.05) is 44.6 Å². The summed E-state index contributed by atoms with van der Waals surface area (Å²) in [6, 6.07) is 6.02. The lowest BCUT2D eigenvalue weighted by Gasteiger charge is -2.23. The summed E-state index contributed by atoms with van der Waals surface area (Å²) in [5.41, 5.74) is 14.5. The zero-order valence-electron chi connectivity index (χ0n) is 10.9. The molecule has 1 aromatic rings. The van der Waals surface area contributed by atoms with Crippen LogP contribution in [-0.2, 0) is 11.2 Å². The maximum absolute atomic E-state index is 11.6.